The van der Waals surface area contributed by atoms with Crippen LogP contribution in [0.15, 0.2) is 29.8 Å². The first-order valence-corrected chi connectivity index (χ1v) is 8.99. The summed E-state index contributed by atoms with van der Waals surface area (Å²) < 4.78 is 0. The molecule has 6 heteroatoms. The van der Waals surface area contributed by atoms with Gasteiger partial charge in [0.25, 0.3) is 0 Å². The van der Waals surface area contributed by atoms with Gasteiger partial charge in [0.15, 0.2) is 0 Å². The highest BCUT2D eigenvalue weighted by molar-refractivity contribution is 7.13. The second kappa shape index (κ2) is 7.66. The first-order chi connectivity index (χ1) is 11.3. The largest absolute Gasteiger partial charge is 0.353 e. The number of nitrogens with zero attached hydrogens (tertiary/aromatic N) is 2. The number of amides is 1. The zero-order valence-corrected chi connectivity index (χ0v) is 13.9. The van der Waals surface area contributed by atoms with Crippen LogP contribution >= 0.6 is 11.3 Å². The molecule has 1 fully saturated rings. The van der Waals surface area contributed by atoms with Crippen molar-refractivity contribution in [2.24, 2.45) is 11.7 Å². The number of carbonyl (C=O) groups is 1. The van der Waals surface area contributed by atoms with Crippen LogP contribution < -0.4 is 11.1 Å². The Labute approximate surface area is 140 Å². The lowest BCUT2D eigenvalue weighted by Gasteiger charge is -2.31. The predicted molar refractivity (Wildman–Crippen MR) is 92.0 cm³/mol. The molecule has 0 spiro atoms. The number of hydrogen-bond donors (Lipinski definition) is 2. The van der Waals surface area contributed by atoms with Gasteiger partial charge in [-0.1, -0.05) is 18.9 Å². The predicted octanol–water partition coefficient (Wildman–Crippen LogP) is 2.38. The van der Waals surface area contributed by atoms with Crippen molar-refractivity contribution in [3.63, 3.8) is 0 Å². The first-order valence-electron chi connectivity index (χ1n) is 8.11. The van der Waals surface area contributed by atoms with Crippen LogP contribution in [0.3, 0.4) is 0 Å². The van der Waals surface area contributed by atoms with Gasteiger partial charge in [-0.2, -0.15) is 0 Å². The molecule has 1 aliphatic rings. The highest BCUT2D eigenvalue weighted by Crippen LogP contribution is 2.24. The minimum absolute atomic E-state index is 0.0354. The molecule has 1 saturated carbocycles. The molecule has 2 heterocycles. The summed E-state index contributed by atoms with van der Waals surface area (Å²) in [5.74, 6) is 0.445. The number of aromatic nitrogens is 2. The van der Waals surface area contributed by atoms with Crippen molar-refractivity contribution >= 4 is 17.2 Å². The van der Waals surface area contributed by atoms with E-state index < -0.39 is 0 Å². The average Bonchev–Trinajstić information content (AvgIpc) is 3.04. The third-order valence-electron chi connectivity index (χ3n) is 4.34. The molecule has 0 aromatic carbocycles. The summed E-state index contributed by atoms with van der Waals surface area (Å²) in [6.07, 6.45) is 6.60. The number of thiazole rings is 1. The Kier molecular flexibility index (Phi) is 5.35. The summed E-state index contributed by atoms with van der Waals surface area (Å²) >= 11 is 1.52. The Hall–Kier alpha value is -1.79. The second-order valence-corrected chi connectivity index (χ2v) is 6.85. The minimum Gasteiger partial charge on any atom is -0.353 e. The van der Waals surface area contributed by atoms with Crippen molar-refractivity contribution in [1.82, 2.24) is 15.3 Å². The Morgan fingerprint density at radius 3 is 3.00 bits per heavy atom. The molecule has 2 atom stereocenters. The van der Waals surface area contributed by atoms with Crippen molar-refractivity contribution in [1.29, 1.82) is 0 Å². The van der Waals surface area contributed by atoms with Crippen LogP contribution in [0.25, 0.3) is 10.7 Å². The third kappa shape index (κ3) is 4.14. The van der Waals surface area contributed by atoms with Crippen LogP contribution in [0.1, 0.15) is 31.4 Å². The van der Waals surface area contributed by atoms with Crippen molar-refractivity contribution in [2.75, 3.05) is 6.54 Å². The van der Waals surface area contributed by atoms with E-state index in [9.17, 15) is 4.79 Å². The number of carbonyl (C=O) groups excluding carboxylic acids is 1. The molecular formula is C17H22N4OS. The lowest BCUT2D eigenvalue weighted by atomic mass is 9.84. The van der Waals surface area contributed by atoms with Crippen molar-refractivity contribution < 1.29 is 4.79 Å². The van der Waals surface area contributed by atoms with Crippen molar-refractivity contribution in [3.05, 3.63) is 35.5 Å². The van der Waals surface area contributed by atoms with Crippen LogP contribution in [-0.4, -0.2) is 28.5 Å². The molecule has 5 nitrogen and oxygen atoms in total. The Bertz CT molecular complexity index is 643. The molecule has 0 saturated heterocycles. The van der Waals surface area contributed by atoms with Gasteiger partial charge in [-0.3, -0.25) is 9.78 Å². The van der Waals surface area contributed by atoms with E-state index in [0.717, 1.165) is 29.2 Å². The van der Waals surface area contributed by atoms with Gasteiger partial charge in [0, 0.05) is 17.6 Å². The fourth-order valence-corrected chi connectivity index (χ4v) is 3.89. The third-order valence-corrected chi connectivity index (χ3v) is 5.25. The van der Waals surface area contributed by atoms with Gasteiger partial charge < -0.3 is 11.1 Å². The maximum Gasteiger partial charge on any atom is 0.226 e. The monoisotopic (exact) mass is 330 g/mol. The van der Waals surface area contributed by atoms with Gasteiger partial charge in [-0.25, -0.2) is 4.98 Å². The van der Waals surface area contributed by atoms with Gasteiger partial charge >= 0.3 is 0 Å². The normalized spacial score (nSPS) is 21.1. The van der Waals surface area contributed by atoms with Crippen molar-refractivity contribution in [3.8, 4) is 10.7 Å². The van der Waals surface area contributed by atoms with E-state index in [1.165, 1.54) is 24.2 Å². The number of hydrogen-bond acceptors (Lipinski definition) is 5. The first kappa shape index (κ1) is 16.1. The highest BCUT2D eigenvalue weighted by Gasteiger charge is 2.25. The maximum absolute atomic E-state index is 12.3. The van der Waals surface area contributed by atoms with Crippen LogP contribution in [0.5, 0.6) is 0 Å². The lowest BCUT2D eigenvalue weighted by Crippen LogP contribution is -2.45. The van der Waals surface area contributed by atoms with Gasteiger partial charge in [0.1, 0.15) is 5.01 Å². The Morgan fingerprint density at radius 1 is 1.35 bits per heavy atom. The molecule has 1 amide bonds. The molecule has 2 unspecified atom stereocenters. The average molecular weight is 330 g/mol. The Morgan fingerprint density at radius 2 is 2.22 bits per heavy atom. The van der Waals surface area contributed by atoms with Gasteiger partial charge in [0.05, 0.1) is 17.8 Å². The van der Waals surface area contributed by atoms with Crippen LogP contribution in [0, 0.1) is 5.92 Å². The van der Waals surface area contributed by atoms with Crippen molar-refractivity contribution in [2.45, 2.75) is 38.1 Å². The van der Waals surface area contributed by atoms with E-state index in [1.54, 1.807) is 6.20 Å². The number of nitrogens with two attached hydrogens (primary N) is 1. The van der Waals surface area contributed by atoms with E-state index in [4.69, 9.17) is 5.73 Å². The summed E-state index contributed by atoms with van der Waals surface area (Å²) in [5, 5.41) is 5.94. The molecule has 3 N–H and O–H groups in total. The molecular weight excluding hydrogens is 308 g/mol. The van der Waals surface area contributed by atoms with Crippen LogP contribution in [0.2, 0.25) is 0 Å². The number of pyridine rings is 1. The lowest BCUT2D eigenvalue weighted by molar-refractivity contribution is -0.121. The summed E-state index contributed by atoms with van der Waals surface area (Å²) in [7, 11) is 0. The summed E-state index contributed by atoms with van der Waals surface area (Å²) in [6.45, 7) is 0.644. The quantitative estimate of drug-likeness (QED) is 0.882. The molecule has 23 heavy (non-hydrogen) atoms. The fourth-order valence-electron chi connectivity index (χ4n) is 3.10. The van der Waals surface area contributed by atoms with Crippen LogP contribution in [0.4, 0.5) is 0 Å². The topological polar surface area (TPSA) is 80.9 Å². The smallest absolute Gasteiger partial charge is 0.226 e. The Balaban J connectivity index is 1.59. The number of nitrogens with one attached hydrogen (secondary N) is 1. The summed E-state index contributed by atoms with van der Waals surface area (Å²) in [4.78, 5) is 21.1. The van der Waals surface area contributed by atoms with E-state index in [1.807, 2.05) is 23.6 Å². The molecule has 0 radical (unpaired) electrons. The van der Waals surface area contributed by atoms with Gasteiger partial charge in [-0.15, -0.1) is 11.3 Å². The SMILES string of the molecule is NCC1CCCCC1NC(=O)Cc1csc(-c2ccccn2)n1. The molecule has 2 aromatic heterocycles. The van der Waals surface area contributed by atoms with Gasteiger partial charge in [-0.05, 0) is 37.4 Å². The highest BCUT2D eigenvalue weighted by atomic mass is 32.1. The standard InChI is InChI=1S/C17H22N4OS/c18-10-12-5-1-2-6-14(12)21-16(22)9-13-11-23-17(20-13)15-7-3-4-8-19-15/h3-4,7-8,11-12,14H,1-2,5-6,9-10,18H2,(H,21,22). The molecule has 2 aromatic rings. The molecule has 1 aliphatic carbocycles. The second-order valence-electron chi connectivity index (χ2n) is 5.99. The van der Waals surface area contributed by atoms with E-state index in [0.29, 0.717) is 18.9 Å². The summed E-state index contributed by atoms with van der Waals surface area (Å²) in [5.41, 5.74) is 7.47. The van der Waals surface area contributed by atoms with E-state index in [-0.39, 0.29) is 11.9 Å². The minimum atomic E-state index is 0.0354. The molecule has 3 rings (SSSR count). The maximum atomic E-state index is 12.3. The number of rotatable bonds is 5. The molecule has 122 valence electrons. The van der Waals surface area contributed by atoms with E-state index in [2.05, 4.69) is 15.3 Å². The fraction of sp³-hybridized carbons (Fsp3) is 0.471. The summed E-state index contributed by atoms with van der Waals surface area (Å²) in [6, 6.07) is 5.96. The zero-order chi connectivity index (χ0) is 16.1. The molecule has 0 bridgehead atoms. The van der Waals surface area contributed by atoms with E-state index >= 15 is 0 Å². The van der Waals surface area contributed by atoms with Gasteiger partial charge in [0.2, 0.25) is 5.91 Å². The molecule has 0 aliphatic heterocycles. The zero-order valence-electron chi connectivity index (χ0n) is 13.1. The van der Waals surface area contributed by atoms with Crippen LogP contribution in [-0.2, 0) is 11.2 Å².